The highest BCUT2D eigenvalue weighted by atomic mass is 32.2. The molecular weight excluding hydrogens is 378 g/mol. The number of anilines is 1. The summed E-state index contributed by atoms with van der Waals surface area (Å²) in [5.41, 5.74) is 1.87. The van der Waals surface area contributed by atoms with Crippen molar-refractivity contribution in [1.29, 1.82) is 0 Å². The molecule has 0 radical (unpaired) electrons. The molecule has 1 amide bonds. The molecule has 0 bridgehead atoms. The van der Waals surface area contributed by atoms with Crippen LogP contribution in [-0.2, 0) is 26.1 Å². The molecule has 0 unspecified atom stereocenters. The minimum atomic E-state index is -3.20. The van der Waals surface area contributed by atoms with Gasteiger partial charge in [-0.3, -0.25) is 4.79 Å². The van der Waals surface area contributed by atoms with Crippen molar-refractivity contribution in [3.63, 3.8) is 0 Å². The van der Waals surface area contributed by atoms with Gasteiger partial charge in [-0.1, -0.05) is 19.3 Å². The van der Waals surface area contributed by atoms with E-state index < -0.39 is 9.84 Å². The average Bonchev–Trinajstić information content (AvgIpc) is 3.15. The Kier molecular flexibility index (Phi) is 5.14. The summed E-state index contributed by atoms with van der Waals surface area (Å²) in [5, 5.41) is 7.46. The van der Waals surface area contributed by atoms with Crippen molar-refractivity contribution in [2.24, 2.45) is 5.92 Å². The zero-order chi connectivity index (χ0) is 19.7. The van der Waals surface area contributed by atoms with Crippen LogP contribution < -0.4 is 10.1 Å². The van der Waals surface area contributed by atoms with Crippen molar-refractivity contribution < 1.29 is 17.9 Å². The van der Waals surface area contributed by atoms with Crippen molar-refractivity contribution >= 4 is 21.6 Å². The highest BCUT2D eigenvalue weighted by Crippen LogP contribution is 2.34. The number of carbonyl (C=O) groups is 1. The fraction of sp³-hybridized carbons (Fsp3) is 0.500. The van der Waals surface area contributed by atoms with Crippen molar-refractivity contribution in [1.82, 2.24) is 9.78 Å². The van der Waals surface area contributed by atoms with Crippen molar-refractivity contribution in [2.45, 2.75) is 50.0 Å². The number of ether oxygens (including phenoxy) is 1. The van der Waals surface area contributed by atoms with Gasteiger partial charge < -0.3 is 10.1 Å². The molecule has 8 heteroatoms. The molecule has 1 saturated carbocycles. The normalized spacial score (nSPS) is 18.6. The molecule has 1 N–H and O–H groups in total. The number of methoxy groups -OCH3 is 1. The van der Waals surface area contributed by atoms with E-state index in [9.17, 15) is 13.2 Å². The maximum Gasteiger partial charge on any atom is 0.225 e. The summed E-state index contributed by atoms with van der Waals surface area (Å²) in [6, 6.07) is 7.30. The molecule has 2 aromatic rings. The molecular formula is C20H25N3O4S. The number of rotatable bonds is 5. The predicted octanol–water partition coefficient (Wildman–Crippen LogP) is 3.22. The molecule has 0 atom stereocenters. The van der Waals surface area contributed by atoms with Gasteiger partial charge in [0.1, 0.15) is 11.6 Å². The molecule has 7 nitrogen and oxygen atoms in total. The molecule has 1 aliphatic heterocycles. The van der Waals surface area contributed by atoms with Gasteiger partial charge in [-0.25, -0.2) is 13.1 Å². The monoisotopic (exact) mass is 403 g/mol. The topological polar surface area (TPSA) is 90.3 Å². The third-order valence-electron chi connectivity index (χ3n) is 5.56. The maximum atomic E-state index is 12.7. The SMILES string of the molecule is COc1ccc(-n2nc3c(c2NC(=O)CC2CCCCC2)CS(=O)(=O)C3)cc1. The van der Waals surface area contributed by atoms with E-state index in [0.29, 0.717) is 35.2 Å². The third-order valence-corrected chi connectivity index (χ3v) is 7.00. The van der Waals surface area contributed by atoms with E-state index in [4.69, 9.17) is 4.74 Å². The molecule has 28 heavy (non-hydrogen) atoms. The fourth-order valence-electron chi connectivity index (χ4n) is 4.12. The zero-order valence-corrected chi connectivity index (χ0v) is 16.8. The largest absolute Gasteiger partial charge is 0.497 e. The number of nitrogens with zero attached hydrogens (tertiary/aromatic N) is 2. The van der Waals surface area contributed by atoms with Crippen LogP contribution in [0.5, 0.6) is 5.75 Å². The van der Waals surface area contributed by atoms with Crippen molar-refractivity contribution in [3.8, 4) is 11.4 Å². The highest BCUT2D eigenvalue weighted by molar-refractivity contribution is 7.90. The molecule has 150 valence electrons. The molecule has 2 heterocycles. The number of amides is 1. The van der Waals surface area contributed by atoms with Crippen LogP contribution in [0.3, 0.4) is 0 Å². The molecule has 1 aromatic heterocycles. The molecule has 4 rings (SSSR count). The smallest absolute Gasteiger partial charge is 0.225 e. The Hall–Kier alpha value is -2.35. The molecule has 1 aromatic carbocycles. The summed E-state index contributed by atoms with van der Waals surface area (Å²) in [6.07, 6.45) is 6.23. The van der Waals surface area contributed by atoms with Gasteiger partial charge in [0, 0.05) is 12.0 Å². The van der Waals surface area contributed by atoms with E-state index >= 15 is 0 Å². The van der Waals surface area contributed by atoms with Gasteiger partial charge >= 0.3 is 0 Å². The second-order valence-electron chi connectivity index (χ2n) is 7.67. The lowest BCUT2D eigenvalue weighted by Gasteiger charge is -2.21. The van der Waals surface area contributed by atoms with Crippen LogP contribution in [0.4, 0.5) is 5.82 Å². The number of hydrogen-bond acceptors (Lipinski definition) is 5. The van der Waals surface area contributed by atoms with E-state index in [1.54, 1.807) is 11.8 Å². The Morgan fingerprint density at radius 1 is 1.18 bits per heavy atom. The number of carbonyl (C=O) groups excluding carboxylic acids is 1. The minimum Gasteiger partial charge on any atom is -0.497 e. The predicted molar refractivity (Wildman–Crippen MR) is 106 cm³/mol. The summed E-state index contributed by atoms with van der Waals surface area (Å²) >= 11 is 0. The zero-order valence-electron chi connectivity index (χ0n) is 16.0. The number of sulfone groups is 1. The van der Waals surface area contributed by atoms with Crippen LogP contribution in [-0.4, -0.2) is 31.2 Å². The van der Waals surface area contributed by atoms with Crippen molar-refractivity contribution in [3.05, 3.63) is 35.5 Å². The Morgan fingerprint density at radius 3 is 2.57 bits per heavy atom. The lowest BCUT2D eigenvalue weighted by atomic mass is 9.87. The Labute approximate surface area is 165 Å². The van der Waals surface area contributed by atoms with Gasteiger partial charge in [-0.2, -0.15) is 5.10 Å². The van der Waals surface area contributed by atoms with Crippen molar-refractivity contribution in [2.75, 3.05) is 12.4 Å². The van der Waals surface area contributed by atoms with Gasteiger partial charge in [-0.05, 0) is 43.0 Å². The lowest BCUT2D eigenvalue weighted by Crippen LogP contribution is -2.21. The fourth-order valence-corrected chi connectivity index (χ4v) is 5.61. The number of hydrogen-bond donors (Lipinski definition) is 1. The summed E-state index contributed by atoms with van der Waals surface area (Å²) < 4.78 is 30.9. The third kappa shape index (κ3) is 3.92. The molecule has 1 aliphatic carbocycles. The Balaban J connectivity index is 1.62. The van der Waals surface area contributed by atoms with E-state index in [0.717, 1.165) is 18.5 Å². The van der Waals surface area contributed by atoms with Gasteiger partial charge in [0.25, 0.3) is 0 Å². The van der Waals surface area contributed by atoms with Crippen LogP contribution in [0.2, 0.25) is 0 Å². The second kappa shape index (κ2) is 7.58. The second-order valence-corrected chi connectivity index (χ2v) is 9.74. The van der Waals surface area contributed by atoms with E-state index in [-0.39, 0.29) is 17.4 Å². The van der Waals surface area contributed by atoms with E-state index in [1.807, 2.05) is 24.3 Å². The number of nitrogens with one attached hydrogen (secondary N) is 1. The maximum absolute atomic E-state index is 12.7. The first-order valence-corrected chi connectivity index (χ1v) is 11.5. The standard InChI is InChI=1S/C20H25N3O4S/c1-27-16-9-7-15(8-10-16)23-20(17-12-28(25,26)13-18(17)22-23)21-19(24)11-14-5-3-2-4-6-14/h7-10,14H,2-6,11-13H2,1H3,(H,21,24). The summed E-state index contributed by atoms with van der Waals surface area (Å²) in [4.78, 5) is 12.7. The van der Waals surface area contributed by atoms with Gasteiger partial charge in [-0.15, -0.1) is 0 Å². The minimum absolute atomic E-state index is 0.0753. The van der Waals surface area contributed by atoms with Crippen LogP contribution in [0.15, 0.2) is 24.3 Å². The first-order chi connectivity index (χ1) is 13.4. The van der Waals surface area contributed by atoms with Crippen LogP contribution in [0.1, 0.15) is 49.8 Å². The highest BCUT2D eigenvalue weighted by Gasteiger charge is 2.33. The summed E-state index contributed by atoms with van der Waals surface area (Å²) in [5.74, 6) is 1.35. The Morgan fingerprint density at radius 2 is 1.89 bits per heavy atom. The van der Waals surface area contributed by atoms with Crippen LogP contribution in [0.25, 0.3) is 5.69 Å². The van der Waals surface area contributed by atoms with E-state index in [2.05, 4.69) is 10.4 Å². The number of benzene rings is 1. The average molecular weight is 404 g/mol. The molecule has 0 spiro atoms. The lowest BCUT2D eigenvalue weighted by molar-refractivity contribution is -0.117. The number of fused-ring (bicyclic) bond motifs is 1. The first kappa shape index (κ1) is 19.0. The first-order valence-electron chi connectivity index (χ1n) is 9.70. The van der Waals surface area contributed by atoms with Gasteiger partial charge in [0.05, 0.1) is 30.0 Å². The van der Waals surface area contributed by atoms with Crippen LogP contribution >= 0.6 is 0 Å². The van der Waals surface area contributed by atoms with Gasteiger partial charge in [0.2, 0.25) is 5.91 Å². The molecule has 0 saturated heterocycles. The van der Waals surface area contributed by atoms with Crippen LogP contribution in [0, 0.1) is 5.92 Å². The number of aromatic nitrogens is 2. The molecule has 2 aliphatic rings. The van der Waals surface area contributed by atoms with E-state index in [1.165, 1.54) is 19.3 Å². The quantitative estimate of drug-likeness (QED) is 0.828. The van der Waals surface area contributed by atoms with Gasteiger partial charge in [0.15, 0.2) is 9.84 Å². The molecule has 1 fully saturated rings. The Bertz CT molecular complexity index is 974. The summed E-state index contributed by atoms with van der Waals surface area (Å²) in [7, 11) is -1.61. The summed E-state index contributed by atoms with van der Waals surface area (Å²) in [6.45, 7) is 0.